The average molecular weight is 369 g/mol. The summed E-state index contributed by atoms with van der Waals surface area (Å²) in [5.41, 5.74) is 5.22. The van der Waals surface area contributed by atoms with E-state index in [0.717, 1.165) is 11.3 Å². The molecule has 1 heterocycles. The van der Waals surface area contributed by atoms with E-state index < -0.39 is 0 Å². The summed E-state index contributed by atoms with van der Waals surface area (Å²) in [5.74, 6) is 0.336. The predicted octanol–water partition coefficient (Wildman–Crippen LogP) is 4.93. The smallest absolute Gasteiger partial charge is 0.253 e. The maximum Gasteiger partial charge on any atom is 0.253 e. The van der Waals surface area contributed by atoms with Crippen molar-refractivity contribution in [2.24, 2.45) is 4.99 Å². The Hall–Kier alpha value is -1.75. The number of carbonyl (C=O) groups excluding carboxylic acids is 1. The van der Waals surface area contributed by atoms with E-state index >= 15 is 0 Å². The van der Waals surface area contributed by atoms with E-state index in [-0.39, 0.29) is 12.3 Å². The molecule has 1 aliphatic heterocycles. The van der Waals surface area contributed by atoms with Crippen LogP contribution in [0.15, 0.2) is 41.4 Å². The van der Waals surface area contributed by atoms with E-state index in [4.69, 9.17) is 34.8 Å². The summed E-state index contributed by atoms with van der Waals surface area (Å²) in [6, 6.07) is 10.8. The van der Waals surface area contributed by atoms with Crippen LogP contribution in [-0.4, -0.2) is 11.7 Å². The highest BCUT2D eigenvalue weighted by molar-refractivity contribution is 6.42. The van der Waals surface area contributed by atoms with Crippen molar-refractivity contribution >= 4 is 57.9 Å². The molecule has 1 N–H and O–H groups in total. The number of nitrogens with zero attached hydrogens (tertiary/aromatic N) is 2. The van der Waals surface area contributed by atoms with Gasteiger partial charge in [0.15, 0.2) is 0 Å². The van der Waals surface area contributed by atoms with Gasteiger partial charge in [0.25, 0.3) is 5.91 Å². The lowest BCUT2D eigenvalue weighted by atomic mass is 10.2. The molecule has 118 valence electrons. The van der Waals surface area contributed by atoms with Gasteiger partial charge in [0.05, 0.1) is 22.2 Å². The lowest BCUT2D eigenvalue weighted by Gasteiger charge is -2.19. The molecule has 23 heavy (non-hydrogen) atoms. The fourth-order valence-electron chi connectivity index (χ4n) is 2.22. The predicted molar refractivity (Wildman–Crippen MR) is 95.0 cm³/mol. The van der Waals surface area contributed by atoms with Crippen LogP contribution in [0.25, 0.3) is 0 Å². The minimum atomic E-state index is -0.193. The van der Waals surface area contributed by atoms with Gasteiger partial charge in [-0.25, -0.2) is 10.0 Å². The van der Waals surface area contributed by atoms with Gasteiger partial charge in [-0.2, -0.15) is 0 Å². The maximum atomic E-state index is 12.3. The molecular weight excluding hydrogens is 357 g/mol. The lowest BCUT2D eigenvalue weighted by molar-refractivity contribution is -0.116. The van der Waals surface area contributed by atoms with Crippen molar-refractivity contribution in [2.75, 3.05) is 5.01 Å². The van der Waals surface area contributed by atoms with Crippen molar-refractivity contribution in [1.29, 1.82) is 0 Å². The van der Waals surface area contributed by atoms with Gasteiger partial charge in [-0.05, 0) is 31.2 Å². The first kappa shape index (κ1) is 16.1. The van der Waals surface area contributed by atoms with Crippen LogP contribution in [0.3, 0.4) is 0 Å². The molecule has 1 fully saturated rings. The normalized spacial score (nSPS) is 16.1. The van der Waals surface area contributed by atoms with Crippen LogP contribution in [0.2, 0.25) is 15.1 Å². The Kier molecular flexibility index (Phi) is 4.48. The summed E-state index contributed by atoms with van der Waals surface area (Å²) in [6.07, 6.45) is 0.142. The van der Waals surface area contributed by atoms with Crippen molar-refractivity contribution < 1.29 is 4.79 Å². The molecule has 0 bridgehead atoms. The van der Waals surface area contributed by atoms with Gasteiger partial charge in [0.2, 0.25) is 0 Å². The number of amides is 1. The van der Waals surface area contributed by atoms with E-state index in [1.54, 1.807) is 0 Å². The third-order valence-corrected chi connectivity index (χ3v) is 4.11. The van der Waals surface area contributed by atoms with Crippen molar-refractivity contribution in [3.05, 3.63) is 57.0 Å². The Morgan fingerprint density at radius 2 is 1.70 bits per heavy atom. The van der Waals surface area contributed by atoms with Gasteiger partial charge in [-0.15, -0.1) is 0 Å². The number of carbonyl (C=O) groups is 1. The topological polar surface area (TPSA) is 44.7 Å². The van der Waals surface area contributed by atoms with E-state index in [0.29, 0.717) is 26.6 Å². The molecule has 1 amide bonds. The number of anilines is 1. The molecule has 0 spiro atoms. The fourth-order valence-corrected chi connectivity index (χ4v) is 3.21. The highest BCUT2D eigenvalue weighted by atomic mass is 35.5. The zero-order chi connectivity index (χ0) is 16.6. The molecule has 3 rings (SSSR count). The highest BCUT2D eigenvalue weighted by Crippen LogP contribution is 2.37. The second-order valence-corrected chi connectivity index (χ2v) is 6.38. The number of nitrogens with one attached hydrogen (secondary N) is 1. The first-order chi connectivity index (χ1) is 10.9. The van der Waals surface area contributed by atoms with Gasteiger partial charge in [0.1, 0.15) is 11.5 Å². The van der Waals surface area contributed by atoms with Crippen LogP contribution < -0.4 is 10.4 Å². The number of aliphatic imine (C=N–C) groups is 1. The molecule has 0 radical (unpaired) electrons. The number of amidine groups is 1. The Morgan fingerprint density at radius 3 is 2.30 bits per heavy atom. The lowest BCUT2D eigenvalue weighted by Crippen LogP contribution is -2.36. The molecule has 0 aliphatic carbocycles. The Morgan fingerprint density at radius 1 is 1.09 bits per heavy atom. The summed E-state index contributed by atoms with van der Waals surface area (Å²) >= 11 is 18.2. The van der Waals surface area contributed by atoms with E-state index in [9.17, 15) is 4.79 Å². The summed E-state index contributed by atoms with van der Waals surface area (Å²) < 4.78 is 0. The molecule has 0 aromatic heterocycles. The number of hydrogen-bond donors (Lipinski definition) is 1. The molecule has 0 saturated carbocycles. The zero-order valence-corrected chi connectivity index (χ0v) is 14.4. The molecule has 7 heteroatoms. The monoisotopic (exact) mass is 367 g/mol. The van der Waals surface area contributed by atoms with Gasteiger partial charge in [0, 0.05) is 5.02 Å². The third kappa shape index (κ3) is 3.44. The standard InChI is InChI=1S/C16H12Cl3N3O/c1-9-2-4-11(5-3-9)20-14-8-15(23)22(21-14)16-12(18)6-10(17)7-13(16)19/h2-7H,8H2,1H3,(H,20,21). The second kappa shape index (κ2) is 6.40. The quantitative estimate of drug-likeness (QED) is 0.817. The van der Waals surface area contributed by atoms with Crippen LogP contribution in [0, 0.1) is 6.92 Å². The summed E-state index contributed by atoms with van der Waals surface area (Å²) in [5, 5.41) is 2.29. The fraction of sp³-hybridized carbons (Fsp3) is 0.125. The van der Waals surface area contributed by atoms with Crippen LogP contribution in [0.1, 0.15) is 12.0 Å². The van der Waals surface area contributed by atoms with E-state index in [1.807, 2.05) is 31.2 Å². The largest absolute Gasteiger partial charge is 0.277 e. The molecule has 1 aliphatic rings. The Labute approximate surface area is 148 Å². The number of halogens is 3. The molecule has 0 unspecified atom stereocenters. The molecule has 0 atom stereocenters. The first-order valence-electron chi connectivity index (χ1n) is 6.82. The molecule has 4 nitrogen and oxygen atoms in total. The minimum absolute atomic E-state index is 0.142. The zero-order valence-electron chi connectivity index (χ0n) is 12.1. The summed E-state index contributed by atoms with van der Waals surface area (Å²) in [7, 11) is 0. The SMILES string of the molecule is Cc1ccc(N=C2CC(=O)N(c3c(Cl)cc(Cl)cc3Cl)N2)cc1. The van der Waals surface area contributed by atoms with Crippen LogP contribution in [-0.2, 0) is 4.79 Å². The van der Waals surface area contributed by atoms with Crippen molar-refractivity contribution in [3.63, 3.8) is 0 Å². The van der Waals surface area contributed by atoms with Gasteiger partial charge in [-0.1, -0.05) is 52.5 Å². The van der Waals surface area contributed by atoms with Crippen LogP contribution in [0.5, 0.6) is 0 Å². The average Bonchev–Trinajstić information content (AvgIpc) is 2.81. The number of hydrogen-bond acceptors (Lipinski definition) is 2. The van der Waals surface area contributed by atoms with Crippen molar-refractivity contribution in [1.82, 2.24) is 5.43 Å². The van der Waals surface area contributed by atoms with Crippen molar-refractivity contribution in [3.8, 4) is 0 Å². The Balaban J connectivity index is 1.90. The third-order valence-electron chi connectivity index (χ3n) is 3.31. The summed E-state index contributed by atoms with van der Waals surface area (Å²) in [4.78, 5) is 16.7. The van der Waals surface area contributed by atoms with E-state index in [1.165, 1.54) is 17.1 Å². The molecule has 1 saturated heterocycles. The highest BCUT2D eigenvalue weighted by Gasteiger charge is 2.30. The van der Waals surface area contributed by atoms with Gasteiger partial charge in [-0.3, -0.25) is 10.2 Å². The molecule has 2 aromatic rings. The molecule has 2 aromatic carbocycles. The first-order valence-corrected chi connectivity index (χ1v) is 7.96. The van der Waals surface area contributed by atoms with E-state index in [2.05, 4.69) is 10.4 Å². The number of aryl methyl sites for hydroxylation is 1. The Bertz CT molecular complexity index is 780. The van der Waals surface area contributed by atoms with Gasteiger partial charge < -0.3 is 0 Å². The number of benzene rings is 2. The van der Waals surface area contributed by atoms with Crippen LogP contribution >= 0.6 is 34.8 Å². The minimum Gasteiger partial charge on any atom is -0.277 e. The summed E-state index contributed by atoms with van der Waals surface area (Å²) in [6.45, 7) is 2.00. The van der Waals surface area contributed by atoms with Crippen molar-refractivity contribution in [2.45, 2.75) is 13.3 Å². The number of hydrazine groups is 1. The maximum absolute atomic E-state index is 12.3. The number of rotatable bonds is 2. The van der Waals surface area contributed by atoms with Gasteiger partial charge >= 0.3 is 0 Å². The molecular formula is C16H12Cl3N3O. The second-order valence-electron chi connectivity index (χ2n) is 5.13. The van der Waals surface area contributed by atoms with Crippen LogP contribution in [0.4, 0.5) is 11.4 Å².